The molecule has 164 valence electrons. The quantitative estimate of drug-likeness (QED) is 0.224. The van der Waals surface area contributed by atoms with Gasteiger partial charge in [-0.15, -0.1) is 0 Å². The smallest absolute Gasteiger partial charge is 0.343 e. The first-order valence-corrected chi connectivity index (χ1v) is 10.2. The Labute approximate surface area is 190 Å². The Morgan fingerprint density at radius 2 is 1.59 bits per heavy atom. The van der Waals surface area contributed by atoms with E-state index in [0.29, 0.717) is 40.0 Å². The number of carbonyl (C=O) groups excluding carboxylic acids is 2. The van der Waals surface area contributed by atoms with E-state index in [1.807, 2.05) is 13.0 Å². The number of hydrogen-bond donors (Lipinski definition) is 1. The van der Waals surface area contributed by atoms with Gasteiger partial charge in [0, 0.05) is 5.02 Å². The van der Waals surface area contributed by atoms with E-state index in [9.17, 15) is 9.59 Å². The first kappa shape index (κ1) is 22.8. The third-order valence-electron chi connectivity index (χ3n) is 4.08. The van der Waals surface area contributed by atoms with Crippen LogP contribution in [0.15, 0.2) is 77.9 Å². The second kappa shape index (κ2) is 11.5. The Morgan fingerprint density at radius 3 is 2.25 bits per heavy atom. The number of amides is 1. The van der Waals surface area contributed by atoms with Crippen LogP contribution in [-0.2, 0) is 4.79 Å². The first-order chi connectivity index (χ1) is 15.5. The fraction of sp³-hybridized carbons (Fsp3) is 0.125. The van der Waals surface area contributed by atoms with E-state index in [4.69, 9.17) is 25.8 Å². The lowest BCUT2D eigenvalue weighted by atomic mass is 10.2. The van der Waals surface area contributed by atoms with Crippen molar-refractivity contribution in [2.24, 2.45) is 5.10 Å². The molecule has 0 saturated heterocycles. The number of rotatable bonds is 9. The molecule has 0 saturated carbocycles. The second-order valence-corrected chi connectivity index (χ2v) is 6.86. The summed E-state index contributed by atoms with van der Waals surface area (Å²) >= 11 is 5.82. The zero-order valence-corrected chi connectivity index (χ0v) is 18.0. The maximum absolute atomic E-state index is 12.1. The van der Waals surface area contributed by atoms with Crippen molar-refractivity contribution < 1.29 is 23.8 Å². The highest BCUT2D eigenvalue weighted by Crippen LogP contribution is 2.26. The summed E-state index contributed by atoms with van der Waals surface area (Å²) in [6.45, 7) is 2.16. The molecule has 7 nitrogen and oxygen atoms in total. The van der Waals surface area contributed by atoms with Crippen LogP contribution >= 0.6 is 11.6 Å². The van der Waals surface area contributed by atoms with E-state index in [-0.39, 0.29) is 6.61 Å². The maximum Gasteiger partial charge on any atom is 0.343 e. The number of ether oxygens (including phenoxy) is 3. The monoisotopic (exact) mass is 452 g/mol. The van der Waals surface area contributed by atoms with Gasteiger partial charge in [-0.2, -0.15) is 5.10 Å². The molecule has 1 amide bonds. The summed E-state index contributed by atoms with van der Waals surface area (Å²) in [7, 11) is 0. The van der Waals surface area contributed by atoms with Gasteiger partial charge < -0.3 is 14.2 Å². The molecule has 0 aromatic heterocycles. The minimum Gasteiger partial charge on any atom is -0.490 e. The van der Waals surface area contributed by atoms with Crippen molar-refractivity contribution in [1.82, 2.24) is 5.43 Å². The SMILES string of the molecule is CCOc1ccccc1OCC(=O)N/N=C\c1ccc(OC(=O)c2ccc(Cl)cc2)cc1. The van der Waals surface area contributed by atoms with Crippen LogP contribution in [0.3, 0.4) is 0 Å². The highest BCUT2D eigenvalue weighted by atomic mass is 35.5. The van der Waals surface area contributed by atoms with Gasteiger partial charge in [-0.3, -0.25) is 4.79 Å². The Balaban J connectivity index is 1.47. The molecule has 0 unspecified atom stereocenters. The van der Waals surface area contributed by atoms with E-state index in [2.05, 4.69) is 10.5 Å². The molecule has 3 aromatic carbocycles. The maximum atomic E-state index is 12.1. The fourth-order valence-electron chi connectivity index (χ4n) is 2.57. The Bertz CT molecular complexity index is 1080. The summed E-state index contributed by atoms with van der Waals surface area (Å²) in [4.78, 5) is 24.1. The van der Waals surface area contributed by atoms with Gasteiger partial charge in [0.2, 0.25) is 0 Å². The van der Waals surface area contributed by atoms with Gasteiger partial charge in [0.15, 0.2) is 18.1 Å². The van der Waals surface area contributed by atoms with Crippen molar-refractivity contribution in [3.63, 3.8) is 0 Å². The van der Waals surface area contributed by atoms with Crippen LogP contribution < -0.4 is 19.6 Å². The number of hydrazone groups is 1. The second-order valence-electron chi connectivity index (χ2n) is 6.43. The summed E-state index contributed by atoms with van der Waals surface area (Å²) in [5.74, 6) is 0.537. The third-order valence-corrected chi connectivity index (χ3v) is 4.33. The average Bonchev–Trinajstić information content (AvgIpc) is 2.80. The van der Waals surface area contributed by atoms with E-state index in [1.54, 1.807) is 66.7 Å². The lowest BCUT2D eigenvalue weighted by Crippen LogP contribution is -2.24. The molecule has 0 fully saturated rings. The van der Waals surface area contributed by atoms with E-state index >= 15 is 0 Å². The molecular weight excluding hydrogens is 432 g/mol. The van der Waals surface area contributed by atoms with Gasteiger partial charge >= 0.3 is 5.97 Å². The van der Waals surface area contributed by atoms with Gasteiger partial charge in [0.1, 0.15) is 5.75 Å². The van der Waals surface area contributed by atoms with Crippen LogP contribution in [0.25, 0.3) is 0 Å². The highest BCUT2D eigenvalue weighted by molar-refractivity contribution is 6.30. The van der Waals surface area contributed by atoms with Crippen LogP contribution in [0, 0.1) is 0 Å². The number of halogens is 1. The molecule has 3 rings (SSSR count). The van der Waals surface area contributed by atoms with Crippen LogP contribution in [0.5, 0.6) is 17.2 Å². The predicted molar refractivity (Wildman–Crippen MR) is 122 cm³/mol. The van der Waals surface area contributed by atoms with Crippen molar-refractivity contribution in [2.75, 3.05) is 13.2 Å². The summed E-state index contributed by atoms with van der Waals surface area (Å²) in [5, 5.41) is 4.44. The van der Waals surface area contributed by atoms with Gasteiger partial charge in [0.05, 0.1) is 18.4 Å². The molecule has 0 atom stereocenters. The molecule has 0 bridgehead atoms. The highest BCUT2D eigenvalue weighted by Gasteiger charge is 2.09. The van der Waals surface area contributed by atoms with Gasteiger partial charge in [-0.05, 0) is 73.2 Å². The van der Waals surface area contributed by atoms with Crippen LogP contribution in [0.2, 0.25) is 5.02 Å². The fourth-order valence-corrected chi connectivity index (χ4v) is 2.70. The molecule has 0 aliphatic heterocycles. The first-order valence-electron chi connectivity index (χ1n) is 9.79. The minimum atomic E-state index is -0.485. The van der Waals surface area contributed by atoms with Crippen LogP contribution in [0.1, 0.15) is 22.8 Å². The molecule has 3 aromatic rings. The topological polar surface area (TPSA) is 86.2 Å². The zero-order valence-electron chi connectivity index (χ0n) is 17.3. The van der Waals surface area contributed by atoms with Crippen molar-refractivity contribution in [3.8, 4) is 17.2 Å². The Morgan fingerprint density at radius 1 is 0.938 bits per heavy atom. The third kappa shape index (κ3) is 6.85. The predicted octanol–water partition coefficient (Wildman–Crippen LogP) is 4.49. The van der Waals surface area contributed by atoms with Crippen LogP contribution in [-0.4, -0.2) is 31.3 Å². The van der Waals surface area contributed by atoms with E-state index < -0.39 is 11.9 Å². The van der Waals surface area contributed by atoms with E-state index in [0.717, 1.165) is 0 Å². The lowest BCUT2D eigenvalue weighted by Gasteiger charge is -2.10. The number of nitrogens with one attached hydrogen (secondary N) is 1. The zero-order chi connectivity index (χ0) is 22.8. The van der Waals surface area contributed by atoms with Crippen molar-refractivity contribution in [1.29, 1.82) is 0 Å². The van der Waals surface area contributed by atoms with Gasteiger partial charge in [0.25, 0.3) is 5.91 Å². The molecule has 0 aliphatic rings. The molecule has 1 N–H and O–H groups in total. The largest absolute Gasteiger partial charge is 0.490 e. The minimum absolute atomic E-state index is 0.207. The number of benzene rings is 3. The standard InChI is InChI=1S/C24H21ClN2O5/c1-2-30-21-5-3-4-6-22(21)31-16-23(28)27-26-15-17-7-13-20(14-8-17)32-24(29)18-9-11-19(25)12-10-18/h3-15H,2,16H2,1H3,(H,27,28)/b26-15-. The van der Waals surface area contributed by atoms with Crippen LogP contribution in [0.4, 0.5) is 0 Å². The summed E-state index contributed by atoms with van der Waals surface area (Å²) in [6, 6.07) is 20.2. The number of para-hydroxylation sites is 2. The molecule has 32 heavy (non-hydrogen) atoms. The lowest BCUT2D eigenvalue weighted by molar-refractivity contribution is -0.123. The van der Waals surface area contributed by atoms with Crippen molar-refractivity contribution in [3.05, 3.63) is 88.9 Å². The summed E-state index contributed by atoms with van der Waals surface area (Å²) in [6.07, 6.45) is 1.47. The number of carbonyl (C=O) groups is 2. The molecule has 0 aliphatic carbocycles. The van der Waals surface area contributed by atoms with Crippen molar-refractivity contribution >= 4 is 29.7 Å². The molecule has 0 radical (unpaired) electrons. The normalized spacial score (nSPS) is 10.6. The Kier molecular flexibility index (Phi) is 8.22. The molecular formula is C24H21ClN2O5. The Hall–Kier alpha value is -3.84. The summed E-state index contributed by atoms with van der Waals surface area (Å²) < 4.78 is 16.2. The molecule has 0 spiro atoms. The van der Waals surface area contributed by atoms with Gasteiger partial charge in [-0.25, -0.2) is 10.2 Å². The number of esters is 1. The number of hydrogen-bond acceptors (Lipinski definition) is 6. The number of nitrogens with zero attached hydrogens (tertiary/aromatic N) is 1. The van der Waals surface area contributed by atoms with E-state index in [1.165, 1.54) is 6.21 Å². The molecule has 8 heteroatoms. The average molecular weight is 453 g/mol. The summed E-state index contributed by atoms with van der Waals surface area (Å²) in [5.41, 5.74) is 3.50. The van der Waals surface area contributed by atoms with Crippen molar-refractivity contribution in [2.45, 2.75) is 6.92 Å². The molecule has 0 heterocycles. The van der Waals surface area contributed by atoms with Gasteiger partial charge in [-0.1, -0.05) is 23.7 Å².